The van der Waals surface area contributed by atoms with Crippen LogP contribution in [-0.4, -0.2) is 30.6 Å². The summed E-state index contributed by atoms with van der Waals surface area (Å²) in [6.45, 7) is 3.16. The van der Waals surface area contributed by atoms with Crippen LogP contribution in [0.3, 0.4) is 0 Å². The number of rotatable bonds is 3. The molecule has 5 nitrogen and oxygen atoms in total. The Morgan fingerprint density at radius 3 is 2.77 bits per heavy atom. The molecule has 2 saturated heterocycles. The van der Waals surface area contributed by atoms with Gasteiger partial charge in [-0.05, 0) is 50.4 Å². The number of hydrazine groups is 1. The zero-order valence-corrected chi connectivity index (χ0v) is 13.5. The number of carbonyl (C=O) groups excluding carboxylic acids is 1. The summed E-state index contributed by atoms with van der Waals surface area (Å²) in [6.07, 6.45) is 2.89. The van der Waals surface area contributed by atoms with Crippen molar-refractivity contribution in [2.24, 2.45) is 0 Å². The summed E-state index contributed by atoms with van der Waals surface area (Å²) in [5.41, 5.74) is 7.45. The molecule has 0 radical (unpaired) electrons. The Hall–Kier alpha value is -1.14. The minimum atomic E-state index is -0.199. The highest BCUT2D eigenvalue weighted by Crippen LogP contribution is 2.24. The summed E-state index contributed by atoms with van der Waals surface area (Å²) in [5.74, 6) is 0.0736. The smallest absolute Gasteiger partial charge is 0.238 e. The van der Waals surface area contributed by atoms with Crippen LogP contribution in [0, 0.1) is 0 Å². The molecular weight excluding hydrogens is 300 g/mol. The number of halogens is 1. The summed E-state index contributed by atoms with van der Waals surface area (Å²) in [4.78, 5) is 12.4. The zero-order chi connectivity index (χ0) is 15.5. The van der Waals surface area contributed by atoms with Crippen molar-refractivity contribution in [3.8, 4) is 0 Å². The third-order valence-corrected chi connectivity index (χ3v) is 4.83. The first-order valence-corrected chi connectivity index (χ1v) is 8.31. The number of hydrogen-bond acceptors (Lipinski definition) is 4. The van der Waals surface area contributed by atoms with Crippen molar-refractivity contribution < 1.29 is 4.79 Å². The van der Waals surface area contributed by atoms with Crippen molar-refractivity contribution in [3.63, 3.8) is 0 Å². The monoisotopic (exact) mass is 322 g/mol. The van der Waals surface area contributed by atoms with Gasteiger partial charge in [-0.15, -0.1) is 0 Å². The van der Waals surface area contributed by atoms with E-state index >= 15 is 0 Å². The van der Waals surface area contributed by atoms with Gasteiger partial charge in [0.1, 0.15) is 6.04 Å². The van der Waals surface area contributed by atoms with Gasteiger partial charge in [-0.1, -0.05) is 23.7 Å². The zero-order valence-electron chi connectivity index (χ0n) is 12.7. The van der Waals surface area contributed by atoms with Crippen LogP contribution in [0.25, 0.3) is 0 Å². The van der Waals surface area contributed by atoms with Gasteiger partial charge in [0, 0.05) is 23.1 Å². The van der Waals surface area contributed by atoms with Gasteiger partial charge in [-0.25, -0.2) is 10.9 Å². The van der Waals surface area contributed by atoms with Gasteiger partial charge >= 0.3 is 0 Å². The normalized spacial score (nSPS) is 31.9. The number of carbonyl (C=O) groups is 1. The van der Waals surface area contributed by atoms with E-state index in [1.807, 2.05) is 24.3 Å². The fourth-order valence-corrected chi connectivity index (χ4v) is 3.29. The maximum absolute atomic E-state index is 12.4. The van der Waals surface area contributed by atoms with E-state index in [0.717, 1.165) is 36.4 Å². The van der Waals surface area contributed by atoms with Crippen LogP contribution in [-0.2, 0) is 4.79 Å². The summed E-state index contributed by atoms with van der Waals surface area (Å²) in [6, 6.07) is 8.23. The molecule has 0 bridgehead atoms. The quantitative estimate of drug-likeness (QED) is 0.681. The van der Waals surface area contributed by atoms with Crippen LogP contribution in [0.15, 0.2) is 24.3 Å². The third kappa shape index (κ3) is 3.60. The molecule has 1 amide bonds. The molecule has 6 heteroatoms. The first-order chi connectivity index (χ1) is 10.6. The van der Waals surface area contributed by atoms with Gasteiger partial charge in [-0.2, -0.15) is 0 Å². The van der Waals surface area contributed by atoms with Crippen LogP contribution in [0.4, 0.5) is 0 Å². The summed E-state index contributed by atoms with van der Waals surface area (Å²) >= 11 is 5.91. The van der Waals surface area contributed by atoms with E-state index in [4.69, 9.17) is 11.6 Å². The molecule has 2 fully saturated rings. The Balaban J connectivity index is 1.55. The van der Waals surface area contributed by atoms with E-state index in [9.17, 15) is 4.79 Å². The topological polar surface area (TPSA) is 65.2 Å². The second-order valence-electron chi connectivity index (χ2n) is 6.18. The van der Waals surface area contributed by atoms with E-state index in [1.54, 1.807) is 0 Å². The first-order valence-electron chi connectivity index (χ1n) is 7.94. The van der Waals surface area contributed by atoms with Crippen molar-refractivity contribution in [2.75, 3.05) is 6.54 Å². The second-order valence-corrected chi connectivity index (χ2v) is 6.62. The summed E-state index contributed by atoms with van der Waals surface area (Å²) in [7, 11) is 0. The molecule has 2 heterocycles. The average molecular weight is 323 g/mol. The maximum atomic E-state index is 12.4. The molecule has 22 heavy (non-hydrogen) atoms. The van der Waals surface area contributed by atoms with Crippen molar-refractivity contribution in [1.29, 1.82) is 0 Å². The lowest BCUT2D eigenvalue weighted by molar-refractivity contribution is -0.124. The fourth-order valence-electron chi connectivity index (χ4n) is 3.17. The molecule has 0 aliphatic carbocycles. The lowest BCUT2D eigenvalue weighted by Crippen LogP contribution is -2.55. The van der Waals surface area contributed by atoms with Gasteiger partial charge in [0.25, 0.3) is 0 Å². The molecule has 4 unspecified atom stereocenters. The number of hydrogen-bond donors (Lipinski definition) is 4. The molecule has 2 aliphatic heterocycles. The highest BCUT2D eigenvalue weighted by molar-refractivity contribution is 6.30. The molecule has 2 aliphatic rings. The Bertz CT molecular complexity index is 521. The summed E-state index contributed by atoms with van der Waals surface area (Å²) < 4.78 is 0. The Morgan fingerprint density at radius 1 is 1.27 bits per heavy atom. The predicted octanol–water partition coefficient (Wildman–Crippen LogP) is 1.50. The summed E-state index contributed by atoms with van der Waals surface area (Å²) in [5, 5.41) is 7.30. The fraction of sp³-hybridized carbons (Fsp3) is 0.562. The molecule has 4 N–H and O–H groups in total. The van der Waals surface area contributed by atoms with Crippen LogP contribution in [0.1, 0.15) is 37.8 Å². The Kier molecular flexibility index (Phi) is 4.98. The lowest BCUT2D eigenvalue weighted by atomic mass is 9.98. The molecule has 3 rings (SSSR count). The van der Waals surface area contributed by atoms with E-state index in [1.165, 1.54) is 0 Å². The van der Waals surface area contributed by atoms with Crippen LogP contribution < -0.4 is 21.5 Å². The van der Waals surface area contributed by atoms with Gasteiger partial charge in [0.2, 0.25) is 5.91 Å². The highest BCUT2D eigenvalue weighted by atomic mass is 35.5. The number of benzene rings is 1. The van der Waals surface area contributed by atoms with Gasteiger partial charge < -0.3 is 10.6 Å². The largest absolute Gasteiger partial charge is 0.350 e. The SMILES string of the molecule is CC1NCCCC1NC(=O)C1CC(c2ccc(Cl)cc2)NN1. The minimum Gasteiger partial charge on any atom is -0.350 e. The van der Waals surface area contributed by atoms with Crippen molar-refractivity contribution in [3.05, 3.63) is 34.9 Å². The molecule has 4 atom stereocenters. The van der Waals surface area contributed by atoms with E-state index in [-0.39, 0.29) is 24.0 Å². The number of amides is 1. The minimum absolute atomic E-state index is 0.0736. The number of nitrogens with one attached hydrogen (secondary N) is 4. The maximum Gasteiger partial charge on any atom is 0.238 e. The average Bonchev–Trinajstić information content (AvgIpc) is 3.00. The first kappa shape index (κ1) is 15.7. The Labute approximate surface area is 136 Å². The third-order valence-electron chi connectivity index (χ3n) is 4.58. The molecule has 120 valence electrons. The molecule has 1 aromatic carbocycles. The van der Waals surface area contributed by atoms with Crippen molar-refractivity contribution >= 4 is 17.5 Å². The second kappa shape index (κ2) is 6.96. The lowest BCUT2D eigenvalue weighted by Gasteiger charge is -2.31. The Morgan fingerprint density at radius 2 is 2.05 bits per heavy atom. The van der Waals surface area contributed by atoms with Crippen molar-refractivity contribution in [1.82, 2.24) is 21.5 Å². The van der Waals surface area contributed by atoms with Crippen LogP contribution in [0.2, 0.25) is 5.02 Å². The van der Waals surface area contributed by atoms with E-state index < -0.39 is 0 Å². The predicted molar refractivity (Wildman–Crippen MR) is 87.5 cm³/mol. The molecule has 0 spiro atoms. The molecule has 1 aromatic rings. The van der Waals surface area contributed by atoms with E-state index in [0.29, 0.717) is 6.04 Å². The van der Waals surface area contributed by atoms with Gasteiger partial charge in [0.05, 0.1) is 0 Å². The highest BCUT2D eigenvalue weighted by Gasteiger charge is 2.32. The van der Waals surface area contributed by atoms with Crippen LogP contribution in [0.5, 0.6) is 0 Å². The van der Waals surface area contributed by atoms with Crippen molar-refractivity contribution in [2.45, 2.75) is 50.4 Å². The van der Waals surface area contributed by atoms with Gasteiger partial charge in [0.15, 0.2) is 0 Å². The molecular formula is C16H23ClN4O. The molecule has 0 saturated carbocycles. The number of piperidine rings is 1. The standard InChI is InChI=1S/C16H23ClN4O/c1-10-13(3-2-8-18-10)19-16(22)15-9-14(20-21-15)11-4-6-12(17)7-5-11/h4-7,10,13-15,18,20-21H,2-3,8-9H2,1H3,(H,19,22). The van der Waals surface area contributed by atoms with Gasteiger partial charge in [-0.3, -0.25) is 4.79 Å². The van der Waals surface area contributed by atoms with E-state index in [2.05, 4.69) is 28.4 Å². The van der Waals surface area contributed by atoms with Crippen LogP contribution >= 0.6 is 11.6 Å². The molecule has 0 aromatic heterocycles.